The number of benzene rings is 3. The van der Waals surface area contributed by atoms with Gasteiger partial charge in [-0.05, 0) is 91.9 Å². The SMILES string of the molecule is Cc1c(Cl)cccc1N1C(=O)C(Cl)=C(Nc2ccc(C(=O)Nc3ccc(N4CCC(C)CC4)cc3)cc2)C1=O. The molecular formula is C30H28Cl2N4O3. The molecule has 0 spiro atoms. The second-order valence-corrected chi connectivity index (χ2v) is 10.7. The van der Waals surface area contributed by atoms with Crippen LogP contribution < -0.4 is 20.4 Å². The first-order valence-electron chi connectivity index (χ1n) is 12.8. The molecule has 39 heavy (non-hydrogen) atoms. The number of anilines is 4. The smallest absolute Gasteiger partial charge is 0.283 e. The molecule has 2 heterocycles. The van der Waals surface area contributed by atoms with Gasteiger partial charge in [0.05, 0.1) is 5.69 Å². The van der Waals surface area contributed by atoms with Crippen LogP contribution in [0.3, 0.4) is 0 Å². The molecule has 7 nitrogen and oxygen atoms in total. The molecule has 0 saturated carbocycles. The van der Waals surface area contributed by atoms with E-state index >= 15 is 0 Å². The lowest BCUT2D eigenvalue weighted by atomic mass is 9.99. The molecule has 0 atom stereocenters. The van der Waals surface area contributed by atoms with Crippen molar-refractivity contribution in [3.63, 3.8) is 0 Å². The number of carbonyl (C=O) groups excluding carboxylic acids is 3. The molecule has 0 bridgehead atoms. The zero-order valence-electron chi connectivity index (χ0n) is 21.6. The quantitative estimate of drug-likeness (QED) is 0.332. The lowest BCUT2D eigenvalue weighted by Gasteiger charge is -2.32. The maximum absolute atomic E-state index is 13.1. The second-order valence-electron chi connectivity index (χ2n) is 9.89. The monoisotopic (exact) mass is 562 g/mol. The molecule has 2 aliphatic heterocycles. The summed E-state index contributed by atoms with van der Waals surface area (Å²) in [5.74, 6) is -0.705. The fraction of sp³-hybridized carbons (Fsp3) is 0.233. The van der Waals surface area contributed by atoms with Gasteiger partial charge in [0.1, 0.15) is 10.7 Å². The lowest BCUT2D eigenvalue weighted by Crippen LogP contribution is -2.32. The van der Waals surface area contributed by atoms with E-state index in [2.05, 4.69) is 22.5 Å². The Kier molecular flexibility index (Phi) is 7.64. The highest BCUT2D eigenvalue weighted by Gasteiger charge is 2.39. The largest absolute Gasteiger partial charge is 0.372 e. The predicted molar refractivity (Wildman–Crippen MR) is 157 cm³/mol. The second kappa shape index (κ2) is 11.1. The van der Waals surface area contributed by atoms with Crippen LogP contribution in [0, 0.1) is 12.8 Å². The van der Waals surface area contributed by atoms with Crippen LogP contribution in [0.5, 0.6) is 0 Å². The van der Waals surface area contributed by atoms with Crippen LogP contribution >= 0.6 is 23.2 Å². The van der Waals surface area contributed by atoms with Gasteiger partial charge in [-0.3, -0.25) is 14.4 Å². The number of carbonyl (C=O) groups is 3. The van der Waals surface area contributed by atoms with E-state index in [0.717, 1.165) is 29.6 Å². The highest BCUT2D eigenvalue weighted by atomic mass is 35.5. The molecular weight excluding hydrogens is 535 g/mol. The molecule has 3 amide bonds. The molecule has 1 saturated heterocycles. The van der Waals surface area contributed by atoms with Gasteiger partial charge in [0.15, 0.2) is 0 Å². The van der Waals surface area contributed by atoms with E-state index in [-0.39, 0.29) is 16.6 Å². The Balaban J connectivity index is 1.23. The Morgan fingerprint density at radius 1 is 0.872 bits per heavy atom. The number of nitrogens with zero attached hydrogens (tertiary/aromatic N) is 2. The molecule has 3 aromatic carbocycles. The molecule has 200 valence electrons. The Morgan fingerprint density at radius 3 is 2.18 bits per heavy atom. The topological polar surface area (TPSA) is 81.8 Å². The van der Waals surface area contributed by atoms with Crippen LogP contribution in [0.25, 0.3) is 0 Å². The average molecular weight is 563 g/mol. The summed E-state index contributed by atoms with van der Waals surface area (Å²) in [6.45, 7) is 6.11. The van der Waals surface area contributed by atoms with E-state index in [1.165, 1.54) is 12.8 Å². The van der Waals surface area contributed by atoms with Crippen molar-refractivity contribution in [2.75, 3.05) is 33.5 Å². The molecule has 0 aliphatic carbocycles. The van der Waals surface area contributed by atoms with Crippen LogP contribution in [-0.4, -0.2) is 30.8 Å². The van der Waals surface area contributed by atoms with Crippen molar-refractivity contribution >= 4 is 63.7 Å². The molecule has 1 fully saturated rings. The van der Waals surface area contributed by atoms with Gasteiger partial charge in [0.2, 0.25) is 0 Å². The number of piperidine rings is 1. The highest BCUT2D eigenvalue weighted by molar-refractivity contribution is 6.53. The van der Waals surface area contributed by atoms with Crippen molar-refractivity contribution in [2.24, 2.45) is 5.92 Å². The molecule has 5 rings (SSSR count). The third-order valence-corrected chi connectivity index (χ3v) is 7.96. The van der Waals surface area contributed by atoms with Crippen LogP contribution in [0.15, 0.2) is 77.5 Å². The van der Waals surface area contributed by atoms with Gasteiger partial charge in [0.25, 0.3) is 17.7 Å². The fourth-order valence-corrected chi connectivity index (χ4v) is 5.13. The minimum absolute atomic E-state index is 0.0403. The number of amides is 3. The first-order chi connectivity index (χ1) is 18.7. The fourth-order valence-electron chi connectivity index (χ4n) is 4.74. The zero-order valence-corrected chi connectivity index (χ0v) is 23.1. The summed E-state index contributed by atoms with van der Waals surface area (Å²) in [4.78, 5) is 42.1. The third kappa shape index (κ3) is 5.51. The standard InChI is InChI=1S/C30H28Cl2N4O3/c1-18-14-16-35(17-15-18)23-12-10-22(11-13-23)34-28(37)20-6-8-21(9-7-20)33-27-26(32)29(38)36(30(27)39)25-5-3-4-24(31)19(25)2/h3-13,18,33H,14-17H2,1-2H3,(H,34,37). The molecule has 2 aliphatic rings. The minimum atomic E-state index is -0.633. The third-order valence-electron chi connectivity index (χ3n) is 7.20. The van der Waals surface area contributed by atoms with Gasteiger partial charge in [-0.25, -0.2) is 4.90 Å². The van der Waals surface area contributed by atoms with E-state index in [0.29, 0.717) is 33.2 Å². The van der Waals surface area contributed by atoms with Crippen molar-refractivity contribution < 1.29 is 14.4 Å². The van der Waals surface area contributed by atoms with Gasteiger partial charge in [-0.15, -0.1) is 0 Å². The summed E-state index contributed by atoms with van der Waals surface area (Å²) in [5.41, 5.74) is 3.75. The molecule has 3 aromatic rings. The lowest BCUT2D eigenvalue weighted by molar-refractivity contribution is -0.120. The number of hydrogen-bond donors (Lipinski definition) is 2. The van der Waals surface area contributed by atoms with E-state index < -0.39 is 11.8 Å². The maximum Gasteiger partial charge on any atom is 0.283 e. The Morgan fingerprint density at radius 2 is 1.51 bits per heavy atom. The zero-order chi connectivity index (χ0) is 27.7. The summed E-state index contributed by atoms with van der Waals surface area (Å²) in [5, 5.41) is 6.06. The summed E-state index contributed by atoms with van der Waals surface area (Å²) < 4.78 is 0. The number of rotatable bonds is 6. The normalized spacial score (nSPS) is 16.2. The number of hydrogen-bond acceptors (Lipinski definition) is 5. The summed E-state index contributed by atoms with van der Waals surface area (Å²) >= 11 is 12.4. The van der Waals surface area contributed by atoms with Crippen molar-refractivity contribution in [3.8, 4) is 0 Å². The number of imide groups is 1. The first kappa shape index (κ1) is 26.8. The van der Waals surface area contributed by atoms with Crippen LogP contribution in [0.1, 0.15) is 35.7 Å². The van der Waals surface area contributed by atoms with Crippen molar-refractivity contribution in [2.45, 2.75) is 26.7 Å². The van der Waals surface area contributed by atoms with Crippen LogP contribution in [0.4, 0.5) is 22.7 Å². The van der Waals surface area contributed by atoms with E-state index in [1.807, 2.05) is 24.3 Å². The summed E-state index contributed by atoms with van der Waals surface area (Å²) in [7, 11) is 0. The van der Waals surface area contributed by atoms with Crippen molar-refractivity contribution in [1.82, 2.24) is 0 Å². The Labute approximate surface area is 237 Å². The Hall–Kier alpha value is -3.81. The molecule has 2 N–H and O–H groups in total. The number of halogens is 2. The minimum Gasteiger partial charge on any atom is -0.372 e. The van der Waals surface area contributed by atoms with Crippen LogP contribution in [-0.2, 0) is 9.59 Å². The average Bonchev–Trinajstić information content (AvgIpc) is 3.14. The van der Waals surface area contributed by atoms with Gasteiger partial charge in [0, 0.05) is 40.7 Å². The summed E-state index contributed by atoms with van der Waals surface area (Å²) in [6, 6.07) is 19.4. The van der Waals surface area contributed by atoms with E-state index in [9.17, 15) is 14.4 Å². The highest BCUT2D eigenvalue weighted by Crippen LogP contribution is 2.34. The van der Waals surface area contributed by atoms with Crippen LogP contribution in [0.2, 0.25) is 5.02 Å². The van der Waals surface area contributed by atoms with Gasteiger partial charge >= 0.3 is 0 Å². The molecule has 0 aromatic heterocycles. The van der Waals surface area contributed by atoms with Gasteiger partial charge in [-0.2, -0.15) is 0 Å². The Bertz CT molecular complexity index is 1460. The molecule has 0 radical (unpaired) electrons. The first-order valence-corrected chi connectivity index (χ1v) is 13.6. The van der Waals surface area contributed by atoms with Gasteiger partial charge in [-0.1, -0.05) is 36.2 Å². The number of nitrogens with one attached hydrogen (secondary N) is 2. The van der Waals surface area contributed by atoms with E-state index in [4.69, 9.17) is 23.2 Å². The summed E-state index contributed by atoms with van der Waals surface area (Å²) in [6.07, 6.45) is 2.38. The van der Waals surface area contributed by atoms with Crippen molar-refractivity contribution in [1.29, 1.82) is 0 Å². The molecule has 9 heteroatoms. The van der Waals surface area contributed by atoms with Gasteiger partial charge < -0.3 is 15.5 Å². The van der Waals surface area contributed by atoms with Crippen molar-refractivity contribution in [3.05, 3.63) is 93.6 Å². The van der Waals surface area contributed by atoms with E-state index in [1.54, 1.807) is 49.4 Å². The predicted octanol–water partition coefficient (Wildman–Crippen LogP) is 6.57. The maximum atomic E-state index is 13.1. The molecule has 0 unspecified atom stereocenters.